The molecule has 26 heavy (non-hydrogen) atoms. The molecule has 2 aromatic rings. The van der Waals surface area contributed by atoms with E-state index in [1.807, 2.05) is 6.92 Å². The van der Waals surface area contributed by atoms with Crippen LogP contribution in [0.1, 0.15) is 38.2 Å². The zero-order valence-electron chi connectivity index (χ0n) is 14.6. The standard InChI is InChI=1S/C17H20F3N5O/c1-3-4-7-24-11-8-10(2)9-23-13(11)25(12(21)14(24)26)15(22)16(5-6-16)17(18,19)20/h8-9,21-22H,3-7H2,1-2H3. The predicted octanol–water partition coefficient (Wildman–Crippen LogP) is 2.95. The molecule has 1 aliphatic rings. The maximum Gasteiger partial charge on any atom is 0.401 e. The van der Waals surface area contributed by atoms with E-state index in [1.54, 1.807) is 13.0 Å². The van der Waals surface area contributed by atoms with Gasteiger partial charge in [-0.1, -0.05) is 13.3 Å². The van der Waals surface area contributed by atoms with Gasteiger partial charge in [-0.3, -0.25) is 20.2 Å². The number of nitrogens with zero attached hydrogens (tertiary/aromatic N) is 3. The highest BCUT2D eigenvalue weighted by atomic mass is 19.4. The van der Waals surface area contributed by atoms with E-state index < -0.39 is 28.5 Å². The van der Waals surface area contributed by atoms with E-state index in [4.69, 9.17) is 10.8 Å². The molecule has 2 heterocycles. The van der Waals surface area contributed by atoms with E-state index in [0.29, 0.717) is 18.5 Å². The van der Waals surface area contributed by atoms with Crippen LogP contribution in [0.5, 0.6) is 0 Å². The van der Waals surface area contributed by atoms with Crippen LogP contribution in [-0.4, -0.2) is 26.1 Å². The van der Waals surface area contributed by atoms with E-state index in [2.05, 4.69) is 4.98 Å². The molecule has 1 aliphatic carbocycles. The minimum absolute atomic E-state index is 0.0387. The highest BCUT2D eigenvalue weighted by Crippen LogP contribution is 2.58. The van der Waals surface area contributed by atoms with Gasteiger partial charge in [0.25, 0.3) is 5.56 Å². The van der Waals surface area contributed by atoms with Crippen molar-refractivity contribution in [1.82, 2.24) is 14.1 Å². The summed E-state index contributed by atoms with van der Waals surface area (Å²) < 4.78 is 42.5. The average Bonchev–Trinajstić information content (AvgIpc) is 3.37. The van der Waals surface area contributed by atoms with E-state index in [9.17, 15) is 18.0 Å². The number of pyridine rings is 1. The summed E-state index contributed by atoms with van der Waals surface area (Å²) in [5.41, 5.74) is -2.53. The molecule has 0 spiro atoms. The SMILES string of the molecule is CCCCn1c(=O)c(=N)n(C(=N)C2(C(F)(F)F)CC2)c2ncc(C)cc21. The number of rotatable bonds is 4. The van der Waals surface area contributed by atoms with Crippen LogP contribution in [-0.2, 0) is 6.54 Å². The number of fused-ring (bicyclic) bond motifs is 1. The van der Waals surface area contributed by atoms with Crippen molar-refractivity contribution in [3.8, 4) is 0 Å². The number of nitrogens with one attached hydrogen (secondary N) is 2. The molecule has 0 amide bonds. The number of aromatic nitrogens is 3. The second kappa shape index (κ2) is 6.07. The van der Waals surface area contributed by atoms with Crippen molar-refractivity contribution >= 4 is 17.0 Å². The Balaban J connectivity index is 2.31. The Morgan fingerprint density at radius 3 is 2.58 bits per heavy atom. The molecule has 140 valence electrons. The maximum absolute atomic E-state index is 13.5. The fourth-order valence-corrected chi connectivity index (χ4v) is 3.11. The molecule has 0 unspecified atom stereocenters. The Morgan fingerprint density at radius 1 is 1.38 bits per heavy atom. The molecule has 2 N–H and O–H groups in total. The largest absolute Gasteiger partial charge is 0.401 e. The van der Waals surface area contributed by atoms with Crippen molar-refractivity contribution in [1.29, 1.82) is 10.8 Å². The minimum Gasteiger partial charge on any atom is -0.302 e. The first-order valence-corrected chi connectivity index (χ1v) is 8.47. The van der Waals surface area contributed by atoms with Gasteiger partial charge >= 0.3 is 6.18 Å². The van der Waals surface area contributed by atoms with Crippen molar-refractivity contribution in [3.05, 3.63) is 33.7 Å². The van der Waals surface area contributed by atoms with Gasteiger partial charge in [0.2, 0.25) is 0 Å². The van der Waals surface area contributed by atoms with Crippen molar-refractivity contribution < 1.29 is 13.2 Å². The number of alkyl halides is 3. The maximum atomic E-state index is 13.5. The van der Waals surface area contributed by atoms with Gasteiger partial charge in [-0.05, 0) is 37.8 Å². The smallest absolute Gasteiger partial charge is 0.302 e. The van der Waals surface area contributed by atoms with Gasteiger partial charge in [-0.25, -0.2) is 4.98 Å². The van der Waals surface area contributed by atoms with E-state index in [0.717, 1.165) is 16.6 Å². The van der Waals surface area contributed by atoms with Crippen LogP contribution in [0.25, 0.3) is 11.2 Å². The lowest BCUT2D eigenvalue weighted by Gasteiger charge is -2.23. The summed E-state index contributed by atoms with van der Waals surface area (Å²) in [7, 11) is 0. The quantitative estimate of drug-likeness (QED) is 0.643. The van der Waals surface area contributed by atoms with Gasteiger partial charge in [-0.15, -0.1) is 0 Å². The fourth-order valence-electron chi connectivity index (χ4n) is 3.11. The Bertz CT molecular complexity index is 998. The highest BCUT2D eigenvalue weighted by molar-refractivity contribution is 5.95. The predicted molar refractivity (Wildman–Crippen MR) is 90.3 cm³/mol. The molecule has 9 heteroatoms. The average molecular weight is 367 g/mol. The zero-order chi connectivity index (χ0) is 19.3. The van der Waals surface area contributed by atoms with Crippen molar-refractivity contribution in [2.24, 2.45) is 5.41 Å². The van der Waals surface area contributed by atoms with Gasteiger partial charge in [0.15, 0.2) is 11.1 Å². The number of hydrogen-bond donors (Lipinski definition) is 2. The summed E-state index contributed by atoms with van der Waals surface area (Å²) in [5.74, 6) is -0.795. The molecule has 1 fully saturated rings. The van der Waals surface area contributed by atoms with Gasteiger partial charge in [0.05, 0.1) is 5.52 Å². The van der Waals surface area contributed by atoms with Gasteiger partial charge in [0, 0.05) is 12.7 Å². The van der Waals surface area contributed by atoms with Crippen molar-refractivity contribution in [3.63, 3.8) is 0 Å². The first-order chi connectivity index (χ1) is 12.1. The Morgan fingerprint density at radius 2 is 2.04 bits per heavy atom. The third kappa shape index (κ3) is 2.65. The molecule has 0 radical (unpaired) electrons. The number of halogens is 3. The summed E-state index contributed by atoms with van der Waals surface area (Å²) in [6, 6.07) is 1.66. The fraction of sp³-hybridized carbons (Fsp3) is 0.529. The summed E-state index contributed by atoms with van der Waals surface area (Å²) in [6.07, 6.45) is -2.05. The molecular formula is C17H20F3N5O. The summed E-state index contributed by atoms with van der Waals surface area (Å²) in [5, 5.41) is 16.3. The first-order valence-electron chi connectivity index (χ1n) is 8.47. The lowest BCUT2D eigenvalue weighted by molar-refractivity contribution is -0.166. The minimum atomic E-state index is -4.60. The van der Waals surface area contributed by atoms with Crippen LogP contribution >= 0.6 is 0 Å². The molecular weight excluding hydrogens is 347 g/mol. The molecule has 3 rings (SSSR count). The summed E-state index contributed by atoms with van der Waals surface area (Å²) in [6.45, 7) is 4.07. The van der Waals surface area contributed by atoms with Crippen LogP contribution in [0.4, 0.5) is 13.2 Å². The summed E-state index contributed by atoms with van der Waals surface area (Å²) in [4.78, 5) is 16.8. The normalized spacial score (nSPS) is 16.0. The lowest BCUT2D eigenvalue weighted by atomic mass is 10.0. The topological polar surface area (TPSA) is 87.5 Å². The van der Waals surface area contributed by atoms with E-state index >= 15 is 0 Å². The van der Waals surface area contributed by atoms with Gasteiger partial charge < -0.3 is 4.57 Å². The highest BCUT2D eigenvalue weighted by Gasteiger charge is 2.67. The molecule has 0 saturated heterocycles. The van der Waals surface area contributed by atoms with Gasteiger partial charge in [0.1, 0.15) is 11.3 Å². The molecule has 2 aromatic heterocycles. The molecule has 0 bridgehead atoms. The van der Waals surface area contributed by atoms with Crippen LogP contribution in [0.15, 0.2) is 17.1 Å². The van der Waals surface area contributed by atoms with E-state index in [-0.39, 0.29) is 18.5 Å². The van der Waals surface area contributed by atoms with Crippen LogP contribution < -0.4 is 11.0 Å². The number of hydrogen-bond acceptors (Lipinski definition) is 4. The first kappa shape index (κ1) is 18.3. The Kier molecular flexibility index (Phi) is 4.28. The number of unbranched alkanes of at least 4 members (excludes halogenated alkanes) is 1. The second-order valence-corrected chi connectivity index (χ2v) is 6.78. The van der Waals surface area contributed by atoms with Gasteiger partial charge in [-0.2, -0.15) is 13.2 Å². The molecule has 0 aromatic carbocycles. The van der Waals surface area contributed by atoms with Crippen molar-refractivity contribution in [2.45, 2.75) is 52.3 Å². The monoisotopic (exact) mass is 367 g/mol. The van der Waals surface area contributed by atoms with Crippen LogP contribution in [0, 0.1) is 23.2 Å². The third-order valence-corrected chi connectivity index (χ3v) is 4.86. The number of aryl methyl sites for hydroxylation is 2. The van der Waals surface area contributed by atoms with Crippen molar-refractivity contribution in [2.75, 3.05) is 0 Å². The Labute approximate surface area is 147 Å². The van der Waals surface area contributed by atoms with Crippen LogP contribution in [0.2, 0.25) is 0 Å². The zero-order valence-corrected chi connectivity index (χ0v) is 14.6. The molecule has 0 aliphatic heterocycles. The second-order valence-electron chi connectivity index (χ2n) is 6.78. The third-order valence-electron chi connectivity index (χ3n) is 4.86. The van der Waals surface area contributed by atoms with E-state index in [1.165, 1.54) is 10.8 Å². The Hall–Kier alpha value is -2.45. The van der Waals surface area contributed by atoms with Crippen LogP contribution in [0.3, 0.4) is 0 Å². The molecule has 1 saturated carbocycles. The molecule has 6 nitrogen and oxygen atoms in total. The lowest BCUT2D eigenvalue weighted by Crippen LogP contribution is -2.48. The summed E-state index contributed by atoms with van der Waals surface area (Å²) >= 11 is 0. The molecule has 0 atom stereocenters.